The van der Waals surface area contributed by atoms with Gasteiger partial charge >= 0.3 is 5.97 Å². The summed E-state index contributed by atoms with van der Waals surface area (Å²) in [5.41, 5.74) is 1.34. The Hall–Kier alpha value is -2.49. The number of carboxylic acids is 1. The number of hydrogen-bond donors (Lipinski definition) is 1. The van der Waals surface area contributed by atoms with Crippen LogP contribution in [0, 0.1) is 0 Å². The van der Waals surface area contributed by atoms with Crippen molar-refractivity contribution < 1.29 is 19.4 Å². The van der Waals surface area contributed by atoms with E-state index in [-0.39, 0.29) is 5.60 Å². The molecule has 1 N–H and O–H groups in total. The molecule has 0 fully saturated rings. The van der Waals surface area contributed by atoms with Gasteiger partial charge in [-0.3, -0.25) is 0 Å². The minimum atomic E-state index is -1.06. The SMILES string of the molecule is CC1(C)Cc2cccc(OC(C(=O)O)c3ccccc3)c2O1. The molecule has 0 aromatic heterocycles. The highest BCUT2D eigenvalue weighted by atomic mass is 16.6. The van der Waals surface area contributed by atoms with Gasteiger partial charge in [0.15, 0.2) is 11.5 Å². The maximum atomic E-state index is 11.6. The molecular weight excluding hydrogens is 280 g/mol. The maximum absolute atomic E-state index is 11.6. The molecule has 0 saturated heterocycles. The van der Waals surface area contributed by atoms with E-state index in [9.17, 15) is 9.90 Å². The number of benzene rings is 2. The molecule has 2 aromatic carbocycles. The molecule has 1 atom stereocenters. The Morgan fingerprint density at radius 3 is 2.59 bits per heavy atom. The zero-order valence-electron chi connectivity index (χ0n) is 12.6. The third-order valence-electron chi connectivity index (χ3n) is 3.63. The summed E-state index contributed by atoms with van der Waals surface area (Å²) >= 11 is 0. The molecular formula is C18H18O4. The van der Waals surface area contributed by atoms with Crippen LogP contribution >= 0.6 is 0 Å². The van der Waals surface area contributed by atoms with Crippen LogP contribution in [0.4, 0.5) is 0 Å². The summed E-state index contributed by atoms with van der Waals surface area (Å²) in [4.78, 5) is 11.6. The Balaban J connectivity index is 1.93. The lowest BCUT2D eigenvalue weighted by Gasteiger charge is -2.20. The van der Waals surface area contributed by atoms with Crippen molar-refractivity contribution in [2.24, 2.45) is 0 Å². The van der Waals surface area contributed by atoms with E-state index in [0.29, 0.717) is 17.1 Å². The van der Waals surface area contributed by atoms with Crippen LogP contribution in [-0.4, -0.2) is 16.7 Å². The molecule has 0 aliphatic carbocycles. The first-order valence-corrected chi connectivity index (χ1v) is 7.21. The van der Waals surface area contributed by atoms with E-state index in [1.54, 1.807) is 30.3 Å². The molecule has 114 valence electrons. The van der Waals surface area contributed by atoms with Crippen molar-refractivity contribution >= 4 is 5.97 Å². The average Bonchev–Trinajstić information content (AvgIpc) is 2.80. The standard InChI is InChI=1S/C18H18O4/c1-18(2)11-13-9-6-10-14(15(13)22-18)21-16(17(19)20)12-7-4-3-5-8-12/h3-10,16H,11H2,1-2H3,(H,19,20). The Bertz CT molecular complexity index is 691. The summed E-state index contributed by atoms with van der Waals surface area (Å²) in [5.74, 6) is 0.0927. The molecule has 0 spiro atoms. The first-order valence-electron chi connectivity index (χ1n) is 7.21. The Morgan fingerprint density at radius 2 is 1.91 bits per heavy atom. The number of carboxylic acid groups (broad SMARTS) is 1. The van der Waals surface area contributed by atoms with Crippen molar-refractivity contribution in [2.45, 2.75) is 32.0 Å². The zero-order chi connectivity index (χ0) is 15.7. The van der Waals surface area contributed by atoms with Crippen LogP contribution in [0.5, 0.6) is 11.5 Å². The molecule has 0 bridgehead atoms. The minimum Gasteiger partial charge on any atom is -0.483 e. The Kier molecular flexibility index (Phi) is 3.53. The molecule has 22 heavy (non-hydrogen) atoms. The van der Waals surface area contributed by atoms with Crippen LogP contribution < -0.4 is 9.47 Å². The lowest BCUT2D eigenvalue weighted by molar-refractivity contribution is -0.145. The van der Waals surface area contributed by atoms with E-state index in [2.05, 4.69) is 0 Å². The number of aliphatic carboxylic acids is 1. The van der Waals surface area contributed by atoms with E-state index in [1.165, 1.54) is 0 Å². The van der Waals surface area contributed by atoms with Crippen molar-refractivity contribution in [2.75, 3.05) is 0 Å². The Labute approximate surface area is 129 Å². The molecule has 4 heteroatoms. The number of hydrogen-bond acceptors (Lipinski definition) is 3. The van der Waals surface area contributed by atoms with Gasteiger partial charge in [-0.15, -0.1) is 0 Å². The second-order valence-corrected chi connectivity index (χ2v) is 6.03. The maximum Gasteiger partial charge on any atom is 0.349 e. The lowest BCUT2D eigenvalue weighted by Crippen LogP contribution is -2.25. The van der Waals surface area contributed by atoms with E-state index >= 15 is 0 Å². The predicted octanol–water partition coefficient (Wildman–Crippen LogP) is 3.60. The fourth-order valence-electron chi connectivity index (χ4n) is 2.70. The summed E-state index contributed by atoms with van der Waals surface area (Å²) in [6.07, 6.45) is -0.275. The number of carbonyl (C=O) groups is 1. The van der Waals surface area contributed by atoms with E-state index in [1.807, 2.05) is 32.0 Å². The largest absolute Gasteiger partial charge is 0.483 e. The van der Waals surface area contributed by atoms with Gasteiger partial charge in [-0.05, 0) is 19.9 Å². The van der Waals surface area contributed by atoms with Gasteiger partial charge in [0.25, 0.3) is 0 Å². The quantitative estimate of drug-likeness (QED) is 0.937. The highest BCUT2D eigenvalue weighted by Crippen LogP contribution is 2.43. The van der Waals surface area contributed by atoms with Gasteiger partial charge in [0.1, 0.15) is 5.60 Å². The summed E-state index contributed by atoms with van der Waals surface area (Å²) < 4.78 is 11.7. The summed E-state index contributed by atoms with van der Waals surface area (Å²) in [6, 6.07) is 14.5. The Morgan fingerprint density at radius 1 is 1.18 bits per heavy atom. The molecule has 0 saturated carbocycles. The first kappa shape index (κ1) is 14.4. The van der Waals surface area contributed by atoms with Crippen LogP contribution in [0.3, 0.4) is 0 Å². The predicted molar refractivity (Wildman–Crippen MR) is 82.3 cm³/mol. The van der Waals surface area contributed by atoms with Crippen molar-refractivity contribution in [1.82, 2.24) is 0 Å². The minimum absolute atomic E-state index is 0.298. The number of fused-ring (bicyclic) bond motifs is 1. The summed E-state index contributed by atoms with van der Waals surface area (Å²) in [6.45, 7) is 4.01. The number of ether oxygens (including phenoxy) is 2. The number of para-hydroxylation sites is 1. The van der Waals surface area contributed by atoms with Crippen molar-refractivity contribution in [3.8, 4) is 11.5 Å². The fraction of sp³-hybridized carbons (Fsp3) is 0.278. The van der Waals surface area contributed by atoms with Gasteiger partial charge in [-0.25, -0.2) is 4.79 Å². The van der Waals surface area contributed by atoms with E-state index in [4.69, 9.17) is 9.47 Å². The fourth-order valence-corrected chi connectivity index (χ4v) is 2.70. The molecule has 4 nitrogen and oxygen atoms in total. The van der Waals surface area contributed by atoms with Gasteiger partial charge in [-0.2, -0.15) is 0 Å². The molecule has 1 aliphatic rings. The van der Waals surface area contributed by atoms with Gasteiger partial charge in [0.05, 0.1) is 0 Å². The van der Waals surface area contributed by atoms with Crippen molar-refractivity contribution in [3.05, 3.63) is 59.7 Å². The molecule has 1 unspecified atom stereocenters. The second kappa shape index (κ2) is 5.37. The average molecular weight is 298 g/mol. The van der Waals surface area contributed by atoms with Crippen molar-refractivity contribution in [3.63, 3.8) is 0 Å². The molecule has 3 rings (SSSR count). The zero-order valence-corrected chi connectivity index (χ0v) is 12.6. The van der Waals surface area contributed by atoms with Gasteiger partial charge in [0, 0.05) is 17.5 Å². The van der Waals surface area contributed by atoms with Crippen LogP contribution in [0.15, 0.2) is 48.5 Å². The molecule has 2 aromatic rings. The third kappa shape index (κ3) is 2.77. The third-order valence-corrected chi connectivity index (χ3v) is 3.63. The normalized spacial score (nSPS) is 16.5. The van der Waals surface area contributed by atoms with E-state index in [0.717, 1.165) is 12.0 Å². The summed E-state index contributed by atoms with van der Waals surface area (Å²) in [7, 11) is 0. The summed E-state index contributed by atoms with van der Waals surface area (Å²) in [5, 5.41) is 9.47. The second-order valence-electron chi connectivity index (χ2n) is 6.03. The lowest BCUT2D eigenvalue weighted by atomic mass is 10.0. The van der Waals surface area contributed by atoms with Crippen LogP contribution in [-0.2, 0) is 11.2 Å². The van der Waals surface area contributed by atoms with Gasteiger partial charge < -0.3 is 14.6 Å². The van der Waals surface area contributed by atoms with Crippen LogP contribution in [0.25, 0.3) is 0 Å². The van der Waals surface area contributed by atoms with Crippen LogP contribution in [0.2, 0.25) is 0 Å². The highest BCUT2D eigenvalue weighted by molar-refractivity contribution is 5.75. The molecule has 0 radical (unpaired) electrons. The van der Waals surface area contributed by atoms with Gasteiger partial charge in [-0.1, -0.05) is 42.5 Å². The highest BCUT2D eigenvalue weighted by Gasteiger charge is 2.33. The molecule has 0 amide bonds. The molecule has 1 aliphatic heterocycles. The number of rotatable bonds is 4. The van der Waals surface area contributed by atoms with E-state index < -0.39 is 12.1 Å². The van der Waals surface area contributed by atoms with Gasteiger partial charge in [0.2, 0.25) is 6.10 Å². The monoisotopic (exact) mass is 298 g/mol. The van der Waals surface area contributed by atoms with Crippen LogP contribution in [0.1, 0.15) is 31.1 Å². The topological polar surface area (TPSA) is 55.8 Å². The first-order chi connectivity index (χ1) is 10.5. The van der Waals surface area contributed by atoms with Crippen molar-refractivity contribution in [1.29, 1.82) is 0 Å². The smallest absolute Gasteiger partial charge is 0.349 e. The molecule has 1 heterocycles.